The maximum atomic E-state index is 11.4. The van der Waals surface area contributed by atoms with Crippen molar-refractivity contribution in [3.8, 4) is 0 Å². The number of carboxylic acid groups (broad SMARTS) is 1. The first-order valence-corrected chi connectivity index (χ1v) is 4.86. The molecule has 0 radical (unpaired) electrons. The number of aryl methyl sites for hydroxylation is 1. The second-order valence-electron chi connectivity index (χ2n) is 3.60. The van der Waals surface area contributed by atoms with Gasteiger partial charge in [0, 0.05) is 0 Å². The highest BCUT2D eigenvalue weighted by Gasteiger charge is 2.15. The molecule has 0 saturated carbocycles. The van der Waals surface area contributed by atoms with E-state index < -0.39 is 11.9 Å². The Kier molecular flexibility index (Phi) is 3.66. The Morgan fingerprint density at radius 2 is 1.94 bits per heavy atom. The molecule has 0 aliphatic heterocycles. The van der Waals surface area contributed by atoms with E-state index in [0.717, 1.165) is 5.56 Å². The zero-order valence-corrected chi connectivity index (χ0v) is 9.53. The van der Waals surface area contributed by atoms with E-state index in [4.69, 9.17) is 5.11 Å². The molecule has 0 fully saturated rings. The van der Waals surface area contributed by atoms with Crippen molar-refractivity contribution in [3.63, 3.8) is 0 Å². The zero-order valence-electron chi connectivity index (χ0n) is 9.53. The van der Waals surface area contributed by atoms with Gasteiger partial charge in [0.15, 0.2) is 0 Å². The summed E-state index contributed by atoms with van der Waals surface area (Å²) in [7, 11) is 1.30. The number of carbonyl (C=O) groups is 2. The molecule has 1 N–H and O–H groups in total. The molecule has 4 nitrogen and oxygen atoms in total. The summed E-state index contributed by atoms with van der Waals surface area (Å²) in [5, 5.41) is 8.79. The van der Waals surface area contributed by atoms with E-state index in [1.54, 1.807) is 19.1 Å². The van der Waals surface area contributed by atoms with Crippen LogP contribution in [0.25, 0.3) is 0 Å². The fourth-order valence-corrected chi connectivity index (χ4v) is 1.65. The molecule has 1 aromatic carbocycles. The number of carbonyl (C=O) groups excluding carboxylic acids is 1. The first-order valence-electron chi connectivity index (χ1n) is 4.86. The Balaban J connectivity index is 3.26. The minimum absolute atomic E-state index is 0.0809. The summed E-state index contributed by atoms with van der Waals surface area (Å²) in [6.45, 7) is 3.56. The third-order valence-corrected chi connectivity index (χ3v) is 2.57. The van der Waals surface area contributed by atoms with Gasteiger partial charge in [0.1, 0.15) is 0 Å². The van der Waals surface area contributed by atoms with Crippen LogP contribution in [0.1, 0.15) is 27.0 Å². The van der Waals surface area contributed by atoms with Crippen molar-refractivity contribution < 1.29 is 19.4 Å². The number of esters is 1. The number of methoxy groups -OCH3 is 1. The molecule has 0 aromatic heterocycles. The van der Waals surface area contributed by atoms with E-state index in [9.17, 15) is 9.59 Å². The molecular weight excluding hydrogens is 208 g/mol. The van der Waals surface area contributed by atoms with Crippen LogP contribution in [-0.4, -0.2) is 24.2 Å². The number of hydrogen-bond donors (Lipinski definition) is 1. The van der Waals surface area contributed by atoms with Gasteiger partial charge in [-0.25, -0.2) is 4.79 Å². The Morgan fingerprint density at radius 3 is 2.44 bits per heavy atom. The smallest absolute Gasteiger partial charge is 0.338 e. The Hall–Kier alpha value is -1.84. The Bertz CT molecular complexity index is 435. The van der Waals surface area contributed by atoms with Gasteiger partial charge in [0.2, 0.25) is 0 Å². The van der Waals surface area contributed by atoms with Crippen molar-refractivity contribution >= 4 is 11.9 Å². The Morgan fingerprint density at radius 1 is 1.31 bits per heavy atom. The molecule has 0 saturated heterocycles. The zero-order chi connectivity index (χ0) is 12.3. The van der Waals surface area contributed by atoms with Crippen LogP contribution in [0, 0.1) is 13.8 Å². The van der Waals surface area contributed by atoms with Crippen molar-refractivity contribution in [3.05, 3.63) is 34.4 Å². The van der Waals surface area contributed by atoms with Gasteiger partial charge in [0.25, 0.3) is 0 Å². The van der Waals surface area contributed by atoms with Gasteiger partial charge in [0.05, 0.1) is 19.1 Å². The number of benzene rings is 1. The molecule has 4 heteroatoms. The van der Waals surface area contributed by atoms with Gasteiger partial charge >= 0.3 is 11.9 Å². The highest BCUT2D eigenvalue weighted by molar-refractivity contribution is 5.92. The van der Waals surface area contributed by atoms with E-state index in [2.05, 4.69) is 4.74 Å². The molecule has 0 spiro atoms. The first kappa shape index (κ1) is 12.2. The molecule has 16 heavy (non-hydrogen) atoms. The van der Waals surface area contributed by atoms with E-state index in [1.807, 2.05) is 6.92 Å². The van der Waals surface area contributed by atoms with Gasteiger partial charge in [-0.3, -0.25) is 4.79 Å². The summed E-state index contributed by atoms with van der Waals surface area (Å²) in [5.41, 5.74) is 2.64. The van der Waals surface area contributed by atoms with E-state index in [0.29, 0.717) is 16.7 Å². The average molecular weight is 222 g/mol. The second-order valence-corrected chi connectivity index (χ2v) is 3.60. The number of carboxylic acids is 1. The van der Waals surface area contributed by atoms with Crippen LogP contribution < -0.4 is 0 Å². The normalized spacial score (nSPS) is 9.94. The van der Waals surface area contributed by atoms with E-state index in [1.165, 1.54) is 7.11 Å². The van der Waals surface area contributed by atoms with Gasteiger partial charge in [-0.15, -0.1) is 0 Å². The Labute approximate surface area is 93.9 Å². The van der Waals surface area contributed by atoms with Crippen molar-refractivity contribution in [2.75, 3.05) is 7.11 Å². The maximum absolute atomic E-state index is 11.4. The average Bonchev–Trinajstić information content (AvgIpc) is 2.23. The highest BCUT2D eigenvalue weighted by Crippen LogP contribution is 2.19. The van der Waals surface area contributed by atoms with Crippen molar-refractivity contribution in [2.45, 2.75) is 20.3 Å². The number of rotatable bonds is 3. The fraction of sp³-hybridized carbons (Fsp3) is 0.333. The summed E-state index contributed by atoms with van der Waals surface area (Å²) in [6.07, 6.45) is -0.0809. The molecule has 0 aliphatic carbocycles. The molecule has 0 heterocycles. The summed E-state index contributed by atoms with van der Waals surface area (Å²) < 4.78 is 4.63. The van der Waals surface area contributed by atoms with Crippen LogP contribution in [0.2, 0.25) is 0 Å². The van der Waals surface area contributed by atoms with Crippen molar-refractivity contribution in [2.24, 2.45) is 0 Å². The predicted octanol–water partition coefficient (Wildman–Crippen LogP) is 1.72. The van der Waals surface area contributed by atoms with Gasteiger partial charge in [-0.1, -0.05) is 6.07 Å². The molecule has 86 valence electrons. The summed E-state index contributed by atoms with van der Waals surface area (Å²) in [6, 6.07) is 3.39. The van der Waals surface area contributed by atoms with Crippen LogP contribution in [0.15, 0.2) is 12.1 Å². The molecule has 0 bridgehead atoms. The highest BCUT2D eigenvalue weighted by atomic mass is 16.5. The maximum Gasteiger partial charge on any atom is 0.338 e. The summed E-state index contributed by atoms with van der Waals surface area (Å²) in [5.74, 6) is -1.35. The third kappa shape index (κ3) is 2.39. The first-order chi connectivity index (χ1) is 7.47. The molecule has 0 atom stereocenters. The fourth-order valence-electron chi connectivity index (χ4n) is 1.65. The largest absolute Gasteiger partial charge is 0.481 e. The second kappa shape index (κ2) is 4.79. The number of aliphatic carboxylic acids is 1. The molecule has 0 aliphatic rings. The lowest BCUT2D eigenvalue weighted by atomic mass is 9.95. The SMILES string of the molecule is COC(=O)c1ccc(C)c(CC(=O)O)c1C. The minimum Gasteiger partial charge on any atom is -0.481 e. The predicted molar refractivity (Wildman–Crippen MR) is 58.6 cm³/mol. The van der Waals surface area contributed by atoms with E-state index >= 15 is 0 Å². The van der Waals surface area contributed by atoms with Crippen molar-refractivity contribution in [1.82, 2.24) is 0 Å². The quantitative estimate of drug-likeness (QED) is 0.791. The standard InChI is InChI=1S/C12H14O4/c1-7-4-5-9(12(15)16-3)8(2)10(7)6-11(13)14/h4-5H,6H2,1-3H3,(H,13,14). The summed E-state index contributed by atoms with van der Waals surface area (Å²) in [4.78, 5) is 22.1. The van der Waals surface area contributed by atoms with Gasteiger partial charge in [-0.05, 0) is 36.6 Å². The van der Waals surface area contributed by atoms with Crippen LogP contribution in [-0.2, 0) is 16.0 Å². The van der Waals surface area contributed by atoms with Crippen LogP contribution >= 0.6 is 0 Å². The van der Waals surface area contributed by atoms with E-state index in [-0.39, 0.29) is 6.42 Å². The summed E-state index contributed by atoms with van der Waals surface area (Å²) >= 11 is 0. The lowest BCUT2D eigenvalue weighted by Crippen LogP contribution is -2.10. The topological polar surface area (TPSA) is 63.6 Å². The number of hydrogen-bond acceptors (Lipinski definition) is 3. The van der Waals surface area contributed by atoms with Gasteiger partial charge in [-0.2, -0.15) is 0 Å². The monoisotopic (exact) mass is 222 g/mol. The lowest BCUT2D eigenvalue weighted by Gasteiger charge is -2.11. The number of ether oxygens (including phenoxy) is 1. The van der Waals surface area contributed by atoms with Crippen LogP contribution in [0.3, 0.4) is 0 Å². The minimum atomic E-state index is -0.909. The lowest BCUT2D eigenvalue weighted by molar-refractivity contribution is -0.136. The molecule has 0 unspecified atom stereocenters. The van der Waals surface area contributed by atoms with Crippen LogP contribution in [0.4, 0.5) is 0 Å². The van der Waals surface area contributed by atoms with Gasteiger partial charge < -0.3 is 9.84 Å². The third-order valence-electron chi connectivity index (χ3n) is 2.57. The molecule has 0 amide bonds. The van der Waals surface area contributed by atoms with Crippen molar-refractivity contribution in [1.29, 1.82) is 0 Å². The molecular formula is C12H14O4. The molecule has 1 aromatic rings. The van der Waals surface area contributed by atoms with Crippen LogP contribution in [0.5, 0.6) is 0 Å². The molecule has 1 rings (SSSR count).